The molecule has 168 valence electrons. The SMILES string of the molecule is C=C(CCCCC(=C)SC(=C)NC(=O)C/C(=C/C)SC)SC(=C)NC(=O)CCSC. The van der Waals surface area contributed by atoms with Crippen molar-refractivity contribution in [1.29, 1.82) is 0 Å². The lowest BCUT2D eigenvalue weighted by Crippen LogP contribution is -2.20. The van der Waals surface area contributed by atoms with Crippen molar-refractivity contribution >= 4 is 58.9 Å². The largest absolute Gasteiger partial charge is 0.321 e. The fourth-order valence-electron chi connectivity index (χ4n) is 2.21. The molecule has 0 radical (unpaired) electrons. The van der Waals surface area contributed by atoms with Gasteiger partial charge in [0.15, 0.2) is 0 Å². The standard InChI is InChI=1S/C22H34N2O2S4/c1-8-20(28-7)15-22(26)24-19(5)30-17(3)12-10-9-11-16(2)29-18(4)23-21(25)13-14-27-6/h8H,2-5,9-15H2,1,6-7H3,(H,23,25)(H,24,26)/b20-8-. The molecule has 30 heavy (non-hydrogen) atoms. The van der Waals surface area contributed by atoms with E-state index >= 15 is 0 Å². The van der Waals surface area contributed by atoms with Gasteiger partial charge in [-0.05, 0) is 59.8 Å². The molecule has 0 saturated heterocycles. The summed E-state index contributed by atoms with van der Waals surface area (Å²) in [5.41, 5.74) is 0. The first-order valence-electron chi connectivity index (χ1n) is 9.58. The van der Waals surface area contributed by atoms with Crippen molar-refractivity contribution in [3.8, 4) is 0 Å². The van der Waals surface area contributed by atoms with Gasteiger partial charge in [0.05, 0.1) is 16.5 Å². The number of carbonyl (C=O) groups is 2. The molecule has 0 fully saturated rings. The van der Waals surface area contributed by atoms with Gasteiger partial charge in [0, 0.05) is 12.2 Å². The highest BCUT2D eigenvalue weighted by Gasteiger charge is 2.08. The number of hydrogen-bond acceptors (Lipinski definition) is 6. The van der Waals surface area contributed by atoms with E-state index in [1.165, 1.54) is 23.5 Å². The van der Waals surface area contributed by atoms with Crippen molar-refractivity contribution in [2.45, 2.75) is 45.4 Å². The van der Waals surface area contributed by atoms with Crippen molar-refractivity contribution in [2.75, 3.05) is 18.3 Å². The van der Waals surface area contributed by atoms with Gasteiger partial charge < -0.3 is 10.6 Å². The molecule has 8 heteroatoms. The molecule has 0 aromatic heterocycles. The van der Waals surface area contributed by atoms with Crippen LogP contribution in [0.4, 0.5) is 0 Å². The highest BCUT2D eigenvalue weighted by Crippen LogP contribution is 2.29. The van der Waals surface area contributed by atoms with Crippen LogP contribution < -0.4 is 10.6 Å². The number of thioether (sulfide) groups is 4. The molecular formula is C22H34N2O2S4. The van der Waals surface area contributed by atoms with Gasteiger partial charge in [0.25, 0.3) is 0 Å². The summed E-state index contributed by atoms with van der Waals surface area (Å²) in [6.07, 6.45) is 10.4. The molecule has 0 aliphatic heterocycles. The summed E-state index contributed by atoms with van der Waals surface area (Å²) >= 11 is 6.06. The summed E-state index contributed by atoms with van der Waals surface area (Å²) in [6, 6.07) is 0. The van der Waals surface area contributed by atoms with Gasteiger partial charge in [-0.3, -0.25) is 9.59 Å². The maximum absolute atomic E-state index is 12.0. The van der Waals surface area contributed by atoms with Gasteiger partial charge >= 0.3 is 0 Å². The van der Waals surface area contributed by atoms with Crippen LogP contribution in [0.25, 0.3) is 0 Å². The fourth-order valence-corrected chi connectivity index (χ4v) is 4.63. The lowest BCUT2D eigenvalue weighted by atomic mass is 10.2. The molecule has 0 aliphatic rings. The normalized spacial score (nSPS) is 11.0. The Labute approximate surface area is 199 Å². The molecule has 0 spiro atoms. The van der Waals surface area contributed by atoms with Crippen molar-refractivity contribution in [1.82, 2.24) is 10.6 Å². The van der Waals surface area contributed by atoms with Crippen LogP contribution in [0.1, 0.15) is 45.4 Å². The summed E-state index contributed by atoms with van der Waals surface area (Å²) in [6.45, 7) is 17.8. The Balaban J connectivity index is 3.99. The predicted molar refractivity (Wildman–Crippen MR) is 141 cm³/mol. The van der Waals surface area contributed by atoms with E-state index in [-0.39, 0.29) is 11.8 Å². The number of carbonyl (C=O) groups excluding carboxylic acids is 2. The van der Waals surface area contributed by atoms with Gasteiger partial charge in [0.1, 0.15) is 0 Å². The Bertz CT molecular complexity index is 672. The predicted octanol–water partition coefficient (Wildman–Crippen LogP) is 6.63. The first-order valence-corrected chi connectivity index (χ1v) is 13.8. The third-order valence-corrected chi connectivity index (χ3v) is 6.91. The van der Waals surface area contributed by atoms with Crippen LogP contribution in [0.3, 0.4) is 0 Å². The average molecular weight is 487 g/mol. The summed E-state index contributed by atoms with van der Waals surface area (Å²) in [4.78, 5) is 26.7. The van der Waals surface area contributed by atoms with Gasteiger partial charge in [-0.2, -0.15) is 11.8 Å². The van der Waals surface area contributed by atoms with E-state index in [0.29, 0.717) is 22.9 Å². The van der Waals surface area contributed by atoms with Crippen LogP contribution in [-0.2, 0) is 9.59 Å². The number of allylic oxidation sites excluding steroid dienone is 3. The lowest BCUT2D eigenvalue weighted by Gasteiger charge is -2.11. The van der Waals surface area contributed by atoms with Gasteiger partial charge in [-0.1, -0.05) is 55.9 Å². The minimum absolute atomic E-state index is 0.00863. The van der Waals surface area contributed by atoms with Crippen LogP contribution >= 0.6 is 47.0 Å². The zero-order valence-corrected chi connectivity index (χ0v) is 21.6. The summed E-state index contributed by atoms with van der Waals surface area (Å²) < 4.78 is 0. The summed E-state index contributed by atoms with van der Waals surface area (Å²) in [5, 5.41) is 6.85. The minimum Gasteiger partial charge on any atom is -0.321 e. The smallest absolute Gasteiger partial charge is 0.229 e. The molecule has 0 atom stereocenters. The van der Waals surface area contributed by atoms with E-state index in [4.69, 9.17) is 0 Å². The molecule has 2 N–H and O–H groups in total. The van der Waals surface area contributed by atoms with E-state index in [0.717, 1.165) is 46.2 Å². The van der Waals surface area contributed by atoms with Crippen molar-refractivity contribution in [3.63, 3.8) is 0 Å². The molecule has 0 bridgehead atoms. The Morgan fingerprint density at radius 3 is 1.77 bits per heavy atom. The fraction of sp³-hybridized carbons (Fsp3) is 0.455. The Morgan fingerprint density at radius 1 is 0.833 bits per heavy atom. The molecule has 0 rings (SSSR count). The maximum atomic E-state index is 12.0. The topological polar surface area (TPSA) is 58.2 Å². The molecule has 0 aromatic rings. The maximum Gasteiger partial charge on any atom is 0.229 e. The monoisotopic (exact) mass is 486 g/mol. The molecule has 0 heterocycles. The van der Waals surface area contributed by atoms with Gasteiger partial charge in [-0.15, -0.1) is 11.8 Å². The number of rotatable bonds is 17. The number of unbranched alkanes of at least 4 members (excludes halogenated alkanes) is 1. The van der Waals surface area contributed by atoms with Gasteiger partial charge in [-0.25, -0.2) is 0 Å². The van der Waals surface area contributed by atoms with Crippen LogP contribution in [0.15, 0.2) is 57.2 Å². The highest BCUT2D eigenvalue weighted by molar-refractivity contribution is 8.06. The zero-order chi connectivity index (χ0) is 22.9. The van der Waals surface area contributed by atoms with Crippen LogP contribution in [0, 0.1) is 0 Å². The second kappa shape index (κ2) is 17.7. The third-order valence-electron chi connectivity index (χ3n) is 3.71. The van der Waals surface area contributed by atoms with E-state index in [1.807, 2.05) is 25.5 Å². The quantitative estimate of drug-likeness (QED) is 0.225. The van der Waals surface area contributed by atoms with E-state index in [2.05, 4.69) is 36.9 Å². The summed E-state index contributed by atoms with van der Waals surface area (Å²) in [5.74, 6) is 0.736. The van der Waals surface area contributed by atoms with E-state index in [1.54, 1.807) is 23.5 Å². The molecule has 0 aromatic carbocycles. The number of hydrogen-bond donors (Lipinski definition) is 2. The first kappa shape index (κ1) is 29.0. The third kappa shape index (κ3) is 15.8. The van der Waals surface area contributed by atoms with Crippen LogP contribution in [0.2, 0.25) is 0 Å². The molecule has 0 saturated carbocycles. The first-order chi connectivity index (χ1) is 14.2. The zero-order valence-electron chi connectivity index (χ0n) is 18.3. The molecule has 0 unspecified atom stereocenters. The van der Waals surface area contributed by atoms with Crippen molar-refractivity contribution in [3.05, 3.63) is 57.2 Å². The van der Waals surface area contributed by atoms with Gasteiger partial charge in [0.2, 0.25) is 11.8 Å². The van der Waals surface area contributed by atoms with Crippen molar-refractivity contribution < 1.29 is 9.59 Å². The Hall–Kier alpha value is -0.960. The molecule has 2 amide bonds. The van der Waals surface area contributed by atoms with Crippen LogP contribution in [0.5, 0.6) is 0 Å². The molecule has 0 aliphatic carbocycles. The second-order valence-corrected chi connectivity index (χ2v) is 10.8. The average Bonchev–Trinajstić information content (AvgIpc) is 2.67. The Kier molecular flexibility index (Phi) is 17.1. The highest BCUT2D eigenvalue weighted by atomic mass is 32.2. The van der Waals surface area contributed by atoms with E-state index in [9.17, 15) is 9.59 Å². The summed E-state index contributed by atoms with van der Waals surface area (Å²) in [7, 11) is 0. The molecule has 4 nitrogen and oxygen atoms in total. The Morgan fingerprint density at radius 2 is 1.33 bits per heavy atom. The van der Waals surface area contributed by atoms with Crippen molar-refractivity contribution in [2.24, 2.45) is 0 Å². The van der Waals surface area contributed by atoms with Crippen LogP contribution in [-0.4, -0.2) is 30.1 Å². The number of nitrogens with one attached hydrogen (secondary N) is 2. The minimum atomic E-state index is -0.0585. The molecular weight excluding hydrogens is 453 g/mol. The number of amides is 2. The lowest BCUT2D eigenvalue weighted by molar-refractivity contribution is -0.120. The second-order valence-electron chi connectivity index (χ2n) is 6.31. The van der Waals surface area contributed by atoms with E-state index < -0.39 is 0 Å².